The Bertz CT molecular complexity index is 2050. The van der Waals surface area contributed by atoms with Crippen molar-refractivity contribution in [3.05, 3.63) is 123 Å². The zero-order chi connectivity index (χ0) is 39.2. The number of aliphatic imine (C=N–C) groups is 1. The molecule has 1 saturated heterocycles. The lowest BCUT2D eigenvalue weighted by Gasteiger charge is -2.39. The number of amidine groups is 1. The number of benzene rings is 4. The van der Waals surface area contributed by atoms with Gasteiger partial charge in [0.1, 0.15) is 29.1 Å². The maximum absolute atomic E-state index is 15.0. The summed E-state index contributed by atoms with van der Waals surface area (Å²) in [4.78, 5) is 51.1. The third-order valence-corrected chi connectivity index (χ3v) is 10.1. The first kappa shape index (κ1) is 39.1. The number of hydrogen-bond donors (Lipinski definition) is 3. The van der Waals surface area contributed by atoms with Gasteiger partial charge in [-0.05, 0) is 68.3 Å². The number of nitrogens with one attached hydrogen (secondary N) is 2. The Labute approximate surface area is 326 Å². The number of phenolic OH excluding ortho intramolecular Hbond substituents is 1. The second-order valence-electron chi connectivity index (χ2n) is 13.9. The van der Waals surface area contributed by atoms with Gasteiger partial charge in [0.05, 0.1) is 35.9 Å². The molecule has 55 heavy (non-hydrogen) atoms. The molecule has 13 heteroatoms. The van der Waals surface area contributed by atoms with Crippen LogP contribution in [0.5, 0.6) is 17.2 Å². The second-order valence-corrected chi connectivity index (χ2v) is 14.3. The first-order valence-corrected chi connectivity index (χ1v) is 18.7. The zero-order valence-electron chi connectivity index (χ0n) is 31.7. The minimum absolute atomic E-state index is 0.0255. The molecule has 0 aliphatic carbocycles. The van der Waals surface area contributed by atoms with Crippen molar-refractivity contribution >= 4 is 35.3 Å². The fraction of sp³-hybridized carbons (Fsp3) is 0.333. The van der Waals surface area contributed by atoms with Crippen LogP contribution in [0.25, 0.3) is 0 Å². The number of amides is 4. The molecule has 0 radical (unpaired) electrons. The van der Waals surface area contributed by atoms with Crippen LogP contribution in [-0.4, -0.2) is 103 Å². The number of methoxy groups -OCH3 is 1. The molecule has 4 amide bonds. The number of ether oxygens (including phenoxy) is 2. The van der Waals surface area contributed by atoms with Crippen molar-refractivity contribution in [3.63, 3.8) is 0 Å². The molecule has 2 atom stereocenters. The summed E-state index contributed by atoms with van der Waals surface area (Å²) < 4.78 is 11.9. The van der Waals surface area contributed by atoms with Crippen LogP contribution in [0, 0.1) is 6.92 Å². The summed E-state index contributed by atoms with van der Waals surface area (Å²) in [5.41, 5.74) is 3.72. The largest absolute Gasteiger partial charge is 0.506 e. The molecule has 0 spiro atoms. The number of aromatic hydroxyl groups is 1. The Morgan fingerprint density at radius 3 is 2.20 bits per heavy atom. The third-order valence-electron chi connectivity index (χ3n) is 9.80. The highest BCUT2D eigenvalue weighted by Gasteiger charge is 2.45. The van der Waals surface area contributed by atoms with E-state index in [2.05, 4.69) is 39.8 Å². The van der Waals surface area contributed by atoms with Gasteiger partial charge >= 0.3 is 6.03 Å². The van der Waals surface area contributed by atoms with Crippen molar-refractivity contribution in [2.45, 2.75) is 39.0 Å². The van der Waals surface area contributed by atoms with E-state index >= 15 is 0 Å². The van der Waals surface area contributed by atoms with E-state index < -0.39 is 23.9 Å². The van der Waals surface area contributed by atoms with Crippen LogP contribution in [0.1, 0.15) is 68.9 Å². The number of phenols is 1. The fourth-order valence-electron chi connectivity index (χ4n) is 6.91. The minimum Gasteiger partial charge on any atom is -0.506 e. The number of hydrogen-bond acceptors (Lipinski definition) is 8. The highest BCUT2D eigenvalue weighted by Crippen LogP contribution is 2.46. The topological polar surface area (TPSA) is 136 Å². The Kier molecular flexibility index (Phi) is 12.3. The Morgan fingerprint density at radius 1 is 0.909 bits per heavy atom. The number of urea groups is 1. The first-order chi connectivity index (χ1) is 26.5. The summed E-state index contributed by atoms with van der Waals surface area (Å²) >= 11 is 6.36. The first-order valence-electron chi connectivity index (χ1n) is 18.4. The zero-order valence-corrected chi connectivity index (χ0v) is 32.5. The van der Waals surface area contributed by atoms with E-state index in [4.69, 9.17) is 26.1 Å². The van der Waals surface area contributed by atoms with Gasteiger partial charge in [0.25, 0.3) is 11.8 Å². The number of halogens is 1. The number of carbonyl (C=O) groups is 3. The molecule has 3 N–H and O–H groups in total. The van der Waals surface area contributed by atoms with E-state index in [1.165, 1.54) is 19.2 Å². The third kappa shape index (κ3) is 8.71. The average molecular weight is 767 g/mol. The number of nitrogens with zero attached hydrogens (tertiary/aromatic N) is 4. The Hall–Kier alpha value is -5.59. The molecule has 2 heterocycles. The van der Waals surface area contributed by atoms with E-state index in [-0.39, 0.29) is 29.0 Å². The van der Waals surface area contributed by atoms with Gasteiger partial charge in [0.15, 0.2) is 0 Å². The van der Waals surface area contributed by atoms with E-state index in [0.717, 1.165) is 16.7 Å². The fourth-order valence-corrected chi connectivity index (χ4v) is 7.03. The van der Waals surface area contributed by atoms with Gasteiger partial charge in [0, 0.05) is 57.4 Å². The van der Waals surface area contributed by atoms with Crippen LogP contribution >= 0.6 is 11.6 Å². The maximum atomic E-state index is 15.0. The summed E-state index contributed by atoms with van der Waals surface area (Å²) in [6.07, 6.45) is -0.145. The molecule has 0 aromatic heterocycles. The average Bonchev–Trinajstić information content (AvgIpc) is 3.58. The molecule has 1 fully saturated rings. The SMILES string of the molecule is CNC(=O)c1cccc(C(=O)NCCN2CCN(C(=O)N3C(c4ccc(OC)cc4OC(C)C)=N[C@@H](c4ccc(C)cc4)[C@H]3c3ccc(Cl)cc3)CC2)c1O. The van der Waals surface area contributed by atoms with Gasteiger partial charge in [-0.15, -0.1) is 0 Å². The highest BCUT2D eigenvalue weighted by atomic mass is 35.5. The van der Waals surface area contributed by atoms with Crippen LogP contribution < -0.4 is 20.1 Å². The van der Waals surface area contributed by atoms with Crippen LogP contribution in [0.2, 0.25) is 5.02 Å². The normalized spacial score (nSPS) is 17.2. The van der Waals surface area contributed by atoms with E-state index in [1.54, 1.807) is 18.1 Å². The van der Waals surface area contributed by atoms with Crippen molar-refractivity contribution in [1.29, 1.82) is 0 Å². The summed E-state index contributed by atoms with van der Waals surface area (Å²) in [7, 11) is 3.06. The molecule has 4 aromatic carbocycles. The van der Waals surface area contributed by atoms with E-state index in [1.807, 2.05) is 68.1 Å². The van der Waals surface area contributed by atoms with E-state index in [0.29, 0.717) is 67.2 Å². The quantitative estimate of drug-likeness (QED) is 0.165. The Balaban J connectivity index is 1.25. The van der Waals surface area contributed by atoms with Crippen molar-refractivity contribution in [2.24, 2.45) is 4.99 Å². The van der Waals surface area contributed by atoms with Crippen LogP contribution in [-0.2, 0) is 0 Å². The molecule has 0 saturated carbocycles. The summed E-state index contributed by atoms with van der Waals surface area (Å²) in [6, 6.07) is 24.8. The van der Waals surface area contributed by atoms with Crippen LogP contribution in [0.4, 0.5) is 4.79 Å². The van der Waals surface area contributed by atoms with Crippen LogP contribution in [0.15, 0.2) is 89.9 Å². The molecule has 2 aliphatic heterocycles. The van der Waals surface area contributed by atoms with Gasteiger partial charge in [-0.2, -0.15) is 0 Å². The standard InChI is InChI=1S/C42H47ClN6O6/c1-26(2)55-35-25-31(54-5)17-18-32(35)39-46-36(28-11-9-27(3)10-12-28)37(29-13-15-30(43)16-14-29)49(39)42(53)48-23-21-47(22-24-48)20-19-45-41(52)34-8-6-7-33(38(34)50)40(51)44-4/h6-18,25-26,36-37,50H,19-24H2,1-5H3,(H,44,51)(H,45,52)/t36-,37+/m0/s1. The number of para-hydroxylation sites is 1. The number of piperazine rings is 1. The molecule has 288 valence electrons. The monoisotopic (exact) mass is 766 g/mol. The lowest BCUT2D eigenvalue weighted by Crippen LogP contribution is -2.54. The van der Waals surface area contributed by atoms with E-state index in [9.17, 15) is 19.5 Å². The lowest BCUT2D eigenvalue weighted by molar-refractivity contribution is 0.0935. The molecule has 0 bridgehead atoms. The number of carbonyl (C=O) groups excluding carboxylic acids is 3. The van der Waals surface area contributed by atoms with Gasteiger partial charge < -0.3 is 30.1 Å². The Morgan fingerprint density at radius 2 is 1.56 bits per heavy atom. The predicted molar refractivity (Wildman–Crippen MR) is 212 cm³/mol. The summed E-state index contributed by atoms with van der Waals surface area (Å²) in [5.74, 6) is 0.365. The highest BCUT2D eigenvalue weighted by molar-refractivity contribution is 6.30. The molecule has 12 nitrogen and oxygen atoms in total. The summed E-state index contributed by atoms with van der Waals surface area (Å²) in [6.45, 7) is 8.85. The maximum Gasteiger partial charge on any atom is 0.326 e. The van der Waals surface area contributed by atoms with Gasteiger partial charge in [0.2, 0.25) is 0 Å². The van der Waals surface area contributed by atoms with Crippen molar-refractivity contribution in [1.82, 2.24) is 25.3 Å². The molecule has 4 aromatic rings. The number of rotatable bonds is 11. The minimum atomic E-state index is -0.483. The lowest BCUT2D eigenvalue weighted by atomic mass is 9.93. The molecular weight excluding hydrogens is 720 g/mol. The van der Waals surface area contributed by atoms with Crippen LogP contribution in [0.3, 0.4) is 0 Å². The predicted octanol–water partition coefficient (Wildman–Crippen LogP) is 6.22. The van der Waals surface area contributed by atoms with Gasteiger partial charge in [-0.25, -0.2) is 4.79 Å². The van der Waals surface area contributed by atoms with Crippen molar-refractivity contribution < 1.29 is 29.0 Å². The van der Waals surface area contributed by atoms with Gasteiger partial charge in [-0.3, -0.25) is 24.4 Å². The summed E-state index contributed by atoms with van der Waals surface area (Å²) in [5, 5.41) is 16.4. The second kappa shape index (κ2) is 17.3. The van der Waals surface area contributed by atoms with Gasteiger partial charge in [-0.1, -0.05) is 59.6 Å². The van der Waals surface area contributed by atoms with Crippen molar-refractivity contribution in [3.8, 4) is 17.2 Å². The number of aryl methyl sites for hydroxylation is 1. The molecular formula is C42H47ClN6O6. The molecule has 0 unspecified atom stereocenters. The van der Waals surface area contributed by atoms with Crippen molar-refractivity contribution in [2.75, 3.05) is 53.4 Å². The molecule has 2 aliphatic rings. The smallest absolute Gasteiger partial charge is 0.326 e. The molecule has 6 rings (SSSR count).